The van der Waals surface area contributed by atoms with Gasteiger partial charge in [0.05, 0.1) is 19.3 Å². The Balaban J connectivity index is 2.40. The number of rotatable bonds is 9. The summed E-state index contributed by atoms with van der Waals surface area (Å²) in [5.74, 6) is -0.651. The smallest absolute Gasteiger partial charge is 0.314 e. The molecule has 0 saturated carbocycles. The number of benzene rings is 1. The SMILES string of the molecule is COC(=O)C(CNCCCNS(C)(=O)=O)c1ccccc1. The summed E-state index contributed by atoms with van der Waals surface area (Å²) in [5.41, 5.74) is 0.895. The van der Waals surface area contributed by atoms with Gasteiger partial charge in [-0.15, -0.1) is 0 Å². The quantitative estimate of drug-likeness (QED) is 0.511. The van der Waals surface area contributed by atoms with Crippen LogP contribution in [0.3, 0.4) is 0 Å². The molecule has 0 aliphatic rings. The molecule has 0 radical (unpaired) electrons. The van der Waals surface area contributed by atoms with Gasteiger partial charge in [0.2, 0.25) is 10.0 Å². The summed E-state index contributed by atoms with van der Waals surface area (Å²) in [6.07, 6.45) is 1.78. The van der Waals surface area contributed by atoms with Gasteiger partial charge in [-0.2, -0.15) is 0 Å². The van der Waals surface area contributed by atoms with Crippen LogP contribution in [0.15, 0.2) is 30.3 Å². The van der Waals surface area contributed by atoms with Gasteiger partial charge in [-0.1, -0.05) is 30.3 Å². The number of carbonyl (C=O) groups is 1. The van der Waals surface area contributed by atoms with E-state index in [9.17, 15) is 13.2 Å². The molecule has 1 unspecified atom stereocenters. The molecular weight excluding hydrogens is 292 g/mol. The van der Waals surface area contributed by atoms with Crippen LogP contribution < -0.4 is 10.0 Å². The van der Waals surface area contributed by atoms with E-state index < -0.39 is 10.0 Å². The molecule has 0 bridgehead atoms. The largest absolute Gasteiger partial charge is 0.469 e. The highest BCUT2D eigenvalue weighted by molar-refractivity contribution is 7.88. The van der Waals surface area contributed by atoms with Crippen LogP contribution in [0.25, 0.3) is 0 Å². The molecule has 6 nitrogen and oxygen atoms in total. The van der Waals surface area contributed by atoms with Gasteiger partial charge >= 0.3 is 5.97 Å². The van der Waals surface area contributed by atoms with E-state index in [2.05, 4.69) is 10.0 Å². The van der Waals surface area contributed by atoms with Crippen molar-refractivity contribution in [3.63, 3.8) is 0 Å². The Hall–Kier alpha value is -1.44. The van der Waals surface area contributed by atoms with Crippen molar-refractivity contribution in [2.24, 2.45) is 0 Å². The van der Waals surface area contributed by atoms with Gasteiger partial charge in [-0.05, 0) is 18.5 Å². The van der Waals surface area contributed by atoms with Crippen molar-refractivity contribution in [3.8, 4) is 0 Å². The first-order chi connectivity index (χ1) is 9.94. The maximum absolute atomic E-state index is 11.8. The van der Waals surface area contributed by atoms with Crippen molar-refractivity contribution < 1.29 is 17.9 Å². The Labute approximate surface area is 125 Å². The first kappa shape index (κ1) is 17.6. The Morgan fingerprint density at radius 1 is 1.24 bits per heavy atom. The van der Waals surface area contributed by atoms with E-state index in [1.807, 2.05) is 30.3 Å². The van der Waals surface area contributed by atoms with E-state index >= 15 is 0 Å². The molecule has 2 N–H and O–H groups in total. The highest BCUT2D eigenvalue weighted by Gasteiger charge is 2.20. The maximum Gasteiger partial charge on any atom is 0.314 e. The summed E-state index contributed by atoms with van der Waals surface area (Å²) < 4.78 is 29.0. The molecule has 0 fully saturated rings. The fraction of sp³-hybridized carbons (Fsp3) is 0.500. The average molecular weight is 314 g/mol. The third-order valence-electron chi connectivity index (χ3n) is 2.93. The van der Waals surface area contributed by atoms with Crippen molar-refractivity contribution in [1.82, 2.24) is 10.0 Å². The molecule has 1 aromatic rings. The van der Waals surface area contributed by atoms with Crippen LogP contribution in [0.1, 0.15) is 17.9 Å². The molecule has 0 saturated heterocycles. The minimum absolute atomic E-state index is 0.289. The summed E-state index contributed by atoms with van der Waals surface area (Å²) in [7, 11) is -1.77. The van der Waals surface area contributed by atoms with Gasteiger partial charge in [-0.25, -0.2) is 13.1 Å². The molecule has 0 aliphatic heterocycles. The van der Waals surface area contributed by atoms with E-state index in [-0.39, 0.29) is 11.9 Å². The molecular formula is C14H22N2O4S. The third-order valence-corrected chi connectivity index (χ3v) is 3.66. The van der Waals surface area contributed by atoms with Gasteiger partial charge in [0, 0.05) is 13.1 Å². The molecule has 0 heterocycles. The van der Waals surface area contributed by atoms with Crippen molar-refractivity contribution in [2.45, 2.75) is 12.3 Å². The minimum Gasteiger partial charge on any atom is -0.469 e. The number of esters is 1. The first-order valence-electron chi connectivity index (χ1n) is 6.72. The van der Waals surface area contributed by atoms with Crippen LogP contribution in [-0.4, -0.2) is 47.4 Å². The number of hydrogen-bond donors (Lipinski definition) is 2. The van der Waals surface area contributed by atoms with Gasteiger partial charge in [-0.3, -0.25) is 4.79 Å². The standard InChI is InChI=1S/C14H22N2O4S/c1-20-14(17)13(12-7-4-3-5-8-12)11-15-9-6-10-16-21(2,18)19/h3-5,7-8,13,15-16H,6,9-11H2,1-2H3. The van der Waals surface area contributed by atoms with Gasteiger partial charge in [0.25, 0.3) is 0 Å². The monoisotopic (exact) mass is 314 g/mol. The molecule has 1 rings (SSSR count). The summed E-state index contributed by atoms with van der Waals surface area (Å²) >= 11 is 0. The minimum atomic E-state index is -3.14. The summed E-state index contributed by atoms with van der Waals surface area (Å²) in [6, 6.07) is 9.41. The second-order valence-electron chi connectivity index (χ2n) is 4.71. The third kappa shape index (κ3) is 7.22. The lowest BCUT2D eigenvalue weighted by Crippen LogP contribution is -2.30. The molecule has 0 spiro atoms. The van der Waals surface area contributed by atoms with Crippen molar-refractivity contribution in [3.05, 3.63) is 35.9 Å². The lowest BCUT2D eigenvalue weighted by molar-refractivity contribution is -0.142. The molecule has 21 heavy (non-hydrogen) atoms. The second kappa shape index (κ2) is 8.76. The molecule has 0 aliphatic carbocycles. The van der Waals surface area contributed by atoms with Crippen LogP contribution in [0, 0.1) is 0 Å². The van der Waals surface area contributed by atoms with E-state index in [4.69, 9.17) is 4.74 Å². The van der Waals surface area contributed by atoms with Crippen molar-refractivity contribution >= 4 is 16.0 Å². The fourth-order valence-electron chi connectivity index (χ4n) is 1.88. The molecule has 0 amide bonds. The van der Waals surface area contributed by atoms with Gasteiger partial charge < -0.3 is 10.1 Å². The number of nitrogens with one attached hydrogen (secondary N) is 2. The van der Waals surface area contributed by atoms with Crippen LogP contribution in [0.4, 0.5) is 0 Å². The Morgan fingerprint density at radius 2 is 1.90 bits per heavy atom. The number of ether oxygens (including phenoxy) is 1. The van der Waals surface area contributed by atoms with Gasteiger partial charge in [0.1, 0.15) is 0 Å². The number of sulfonamides is 1. The highest BCUT2D eigenvalue weighted by Crippen LogP contribution is 2.16. The van der Waals surface area contributed by atoms with Crippen LogP contribution in [0.5, 0.6) is 0 Å². The predicted molar refractivity (Wildman–Crippen MR) is 81.5 cm³/mol. The van der Waals surface area contributed by atoms with E-state index in [1.165, 1.54) is 7.11 Å². The van der Waals surface area contributed by atoms with E-state index in [0.29, 0.717) is 26.1 Å². The number of carbonyl (C=O) groups excluding carboxylic acids is 1. The Kier molecular flexibility index (Phi) is 7.35. The topological polar surface area (TPSA) is 84.5 Å². The highest BCUT2D eigenvalue weighted by atomic mass is 32.2. The van der Waals surface area contributed by atoms with Crippen LogP contribution in [0.2, 0.25) is 0 Å². The molecule has 1 atom stereocenters. The summed E-state index contributed by atoms with van der Waals surface area (Å²) in [4.78, 5) is 11.8. The Morgan fingerprint density at radius 3 is 2.48 bits per heavy atom. The lowest BCUT2D eigenvalue weighted by atomic mass is 9.99. The zero-order chi connectivity index (χ0) is 15.7. The van der Waals surface area contributed by atoms with E-state index in [0.717, 1.165) is 11.8 Å². The number of hydrogen-bond acceptors (Lipinski definition) is 5. The number of methoxy groups -OCH3 is 1. The second-order valence-corrected chi connectivity index (χ2v) is 6.54. The zero-order valence-electron chi connectivity index (χ0n) is 12.3. The van der Waals surface area contributed by atoms with Crippen LogP contribution in [-0.2, 0) is 19.6 Å². The van der Waals surface area contributed by atoms with Gasteiger partial charge in [0.15, 0.2) is 0 Å². The zero-order valence-corrected chi connectivity index (χ0v) is 13.2. The summed E-state index contributed by atoms with van der Waals surface area (Å²) in [6.45, 7) is 1.44. The Bertz CT molecular complexity index is 531. The molecule has 1 aromatic carbocycles. The summed E-state index contributed by atoms with van der Waals surface area (Å²) in [5, 5.41) is 3.15. The lowest BCUT2D eigenvalue weighted by Gasteiger charge is -2.15. The first-order valence-corrected chi connectivity index (χ1v) is 8.61. The average Bonchev–Trinajstić information content (AvgIpc) is 2.45. The molecule has 118 valence electrons. The van der Waals surface area contributed by atoms with Crippen LogP contribution >= 0.6 is 0 Å². The normalized spacial score (nSPS) is 12.9. The molecule has 7 heteroatoms. The maximum atomic E-state index is 11.8. The predicted octanol–water partition coefficient (Wildman–Crippen LogP) is 0.472. The van der Waals surface area contributed by atoms with Crippen molar-refractivity contribution in [2.75, 3.05) is 33.0 Å². The van der Waals surface area contributed by atoms with E-state index in [1.54, 1.807) is 0 Å². The van der Waals surface area contributed by atoms with Crippen molar-refractivity contribution in [1.29, 1.82) is 0 Å². The fourth-order valence-corrected chi connectivity index (χ4v) is 2.40. The molecule has 0 aromatic heterocycles.